The Labute approximate surface area is 233 Å². The van der Waals surface area contributed by atoms with E-state index in [0.717, 1.165) is 22.4 Å². The third-order valence-electron chi connectivity index (χ3n) is 6.39. The van der Waals surface area contributed by atoms with Crippen LogP contribution in [0.1, 0.15) is 23.1 Å². The summed E-state index contributed by atoms with van der Waals surface area (Å²) in [4.78, 5) is 13.5. The van der Waals surface area contributed by atoms with E-state index in [0.29, 0.717) is 37.7 Å². The molecule has 4 aromatic carbocycles. The Bertz CT molecular complexity index is 1410. The number of hydrogen-bond donors (Lipinski definition) is 2. The van der Waals surface area contributed by atoms with Crippen molar-refractivity contribution in [3.8, 4) is 23.0 Å². The van der Waals surface area contributed by atoms with Gasteiger partial charge in [-0.25, -0.2) is 4.39 Å². The van der Waals surface area contributed by atoms with Gasteiger partial charge in [0.25, 0.3) is 0 Å². The fourth-order valence-electron chi connectivity index (χ4n) is 4.22. The predicted octanol–water partition coefficient (Wildman–Crippen LogP) is 6.01. The molecular weight excluding hydrogens is 511 g/mol. The second kappa shape index (κ2) is 14.1. The van der Waals surface area contributed by atoms with E-state index in [1.807, 2.05) is 66.7 Å². The van der Waals surface area contributed by atoms with Crippen molar-refractivity contribution < 1.29 is 28.5 Å². The molecule has 4 aromatic rings. The molecular formula is C32H33FN2O5. The number of carbonyl (C=O) groups is 1. The molecule has 40 heavy (non-hydrogen) atoms. The van der Waals surface area contributed by atoms with E-state index in [1.54, 1.807) is 31.4 Å². The molecule has 0 heterocycles. The van der Waals surface area contributed by atoms with Crippen molar-refractivity contribution >= 4 is 5.97 Å². The molecule has 0 bridgehead atoms. The zero-order chi connectivity index (χ0) is 28.3. The van der Waals surface area contributed by atoms with Crippen LogP contribution < -0.4 is 19.9 Å². The Balaban J connectivity index is 1.54. The first-order valence-electron chi connectivity index (χ1n) is 13.0. The topological polar surface area (TPSA) is 94.2 Å². The van der Waals surface area contributed by atoms with E-state index in [2.05, 4.69) is 4.90 Å². The number of aliphatic carboxylic acids is 1. The number of halogens is 1. The minimum Gasteiger partial charge on any atom is -0.497 e. The van der Waals surface area contributed by atoms with Gasteiger partial charge in [0.15, 0.2) is 11.6 Å². The second-order valence-electron chi connectivity index (χ2n) is 9.33. The number of carboxylic acids is 1. The molecule has 0 aliphatic heterocycles. The highest BCUT2D eigenvalue weighted by atomic mass is 19.1. The zero-order valence-electron chi connectivity index (χ0n) is 22.3. The minimum absolute atomic E-state index is 0.130. The maximum atomic E-state index is 14.3. The highest BCUT2D eigenvalue weighted by Crippen LogP contribution is 2.29. The first kappa shape index (κ1) is 28.6. The summed E-state index contributed by atoms with van der Waals surface area (Å²) in [5.74, 6) is 0.614. The van der Waals surface area contributed by atoms with Gasteiger partial charge < -0.3 is 25.1 Å². The molecule has 0 fully saturated rings. The fraction of sp³-hybridized carbons (Fsp3) is 0.219. The van der Waals surface area contributed by atoms with Gasteiger partial charge in [-0.1, -0.05) is 60.7 Å². The van der Waals surface area contributed by atoms with E-state index in [1.165, 1.54) is 6.07 Å². The van der Waals surface area contributed by atoms with E-state index in [-0.39, 0.29) is 12.2 Å². The Morgan fingerprint density at radius 2 is 1.50 bits per heavy atom. The molecule has 8 heteroatoms. The van der Waals surface area contributed by atoms with Crippen molar-refractivity contribution in [3.05, 3.63) is 120 Å². The molecule has 0 aliphatic rings. The van der Waals surface area contributed by atoms with Gasteiger partial charge in [-0.15, -0.1) is 0 Å². The Morgan fingerprint density at radius 3 is 2.17 bits per heavy atom. The van der Waals surface area contributed by atoms with Gasteiger partial charge in [0, 0.05) is 30.8 Å². The summed E-state index contributed by atoms with van der Waals surface area (Å²) in [5, 5.41) is 9.34. The number of ether oxygens (including phenoxy) is 3. The molecule has 0 saturated heterocycles. The van der Waals surface area contributed by atoms with Crippen LogP contribution in [0.15, 0.2) is 97.1 Å². The standard InChI is InChI=1S/C32H33FN2O5/c1-38-26-12-8-9-23(19-26)22-39-29-14-5-2-10-24(29)20-35(18-17-28(34)32(36)37)21-25-11-3-6-15-30(25)40-31-16-7-4-13-27(31)33/h2-16,19,28H,17-18,20-22,34H2,1H3,(H,36,37). The largest absolute Gasteiger partial charge is 0.497 e. The summed E-state index contributed by atoms with van der Waals surface area (Å²) in [7, 11) is 1.62. The third-order valence-corrected chi connectivity index (χ3v) is 6.39. The van der Waals surface area contributed by atoms with Crippen molar-refractivity contribution in [1.82, 2.24) is 4.90 Å². The van der Waals surface area contributed by atoms with Gasteiger partial charge in [-0.3, -0.25) is 9.69 Å². The maximum Gasteiger partial charge on any atom is 0.320 e. The molecule has 4 rings (SSSR count). The highest BCUT2D eigenvalue weighted by molar-refractivity contribution is 5.73. The Hall–Kier alpha value is -4.40. The van der Waals surface area contributed by atoms with Crippen LogP contribution in [-0.4, -0.2) is 35.7 Å². The van der Waals surface area contributed by atoms with Crippen molar-refractivity contribution in [2.75, 3.05) is 13.7 Å². The fourth-order valence-corrected chi connectivity index (χ4v) is 4.22. The highest BCUT2D eigenvalue weighted by Gasteiger charge is 2.18. The number of hydrogen-bond acceptors (Lipinski definition) is 6. The molecule has 1 atom stereocenters. The number of carboxylic acid groups (broad SMARTS) is 1. The van der Waals surface area contributed by atoms with Crippen LogP contribution in [0.4, 0.5) is 4.39 Å². The smallest absolute Gasteiger partial charge is 0.320 e. The predicted molar refractivity (Wildman–Crippen MR) is 151 cm³/mol. The number of methoxy groups -OCH3 is 1. The van der Waals surface area contributed by atoms with Gasteiger partial charge in [-0.05, 0) is 48.4 Å². The lowest BCUT2D eigenvalue weighted by molar-refractivity contribution is -0.138. The van der Waals surface area contributed by atoms with Gasteiger partial charge in [0.1, 0.15) is 29.9 Å². The lowest BCUT2D eigenvalue weighted by atomic mass is 10.1. The van der Waals surface area contributed by atoms with E-state index < -0.39 is 17.8 Å². The van der Waals surface area contributed by atoms with Crippen LogP contribution in [0.5, 0.6) is 23.0 Å². The van der Waals surface area contributed by atoms with Crippen LogP contribution in [-0.2, 0) is 24.5 Å². The first-order valence-corrected chi connectivity index (χ1v) is 13.0. The molecule has 3 N–H and O–H groups in total. The molecule has 1 unspecified atom stereocenters. The lowest BCUT2D eigenvalue weighted by Crippen LogP contribution is -2.35. The first-order chi connectivity index (χ1) is 19.4. The van der Waals surface area contributed by atoms with Crippen LogP contribution in [0.3, 0.4) is 0 Å². The van der Waals surface area contributed by atoms with Crippen molar-refractivity contribution in [1.29, 1.82) is 0 Å². The number of para-hydroxylation sites is 3. The summed E-state index contributed by atoms with van der Waals surface area (Å²) in [6, 6.07) is 28.1. The molecule has 7 nitrogen and oxygen atoms in total. The summed E-state index contributed by atoms with van der Waals surface area (Å²) >= 11 is 0. The molecule has 0 amide bonds. The van der Waals surface area contributed by atoms with Crippen molar-refractivity contribution in [2.24, 2.45) is 5.73 Å². The normalized spacial score (nSPS) is 11.7. The van der Waals surface area contributed by atoms with Gasteiger partial charge in [-0.2, -0.15) is 0 Å². The third kappa shape index (κ3) is 8.05. The van der Waals surface area contributed by atoms with E-state index in [4.69, 9.17) is 19.9 Å². The quantitative estimate of drug-likeness (QED) is 0.201. The second-order valence-corrected chi connectivity index (χ2v) is 9.33. The molecule has 208 valence electrons. The average molecular weight is 545 g/mol. The van der Waals surface area contributed by atoms with Gasteiger partial charge in [0.2, 0.25) is 0 Å². The number of rotatable bonds is 14. The number of nitrogens with two attached hydrogens (primary N) is 1. The molecule has 0 saturated carbocycles. The van der Waals surface area contributed by atoms with Gasteiger partial charge in [0.05, 0.1) is 7.11 Å². The van der Waals surface area contributed by atoms with Crippen LogP contribution in [0, 0.1) is 5.82 Å². The lowest BCUT2D eigenvalue weighted by Gasteiger charge is -2.25. The molecule has 0 spiro atoms. The summed E-state index contributed by atoms with van der Waals surface area (Å²) in [5.41, 5.74) is 8.56. The van der Waals surface area contributed by atoms with E-state index >= 15 is 0 Å². The van der Waals surface area contributed by atoms with Crippen LogP contribution in [0.2, 0.25) is 0 Å². The summed E-state index contributed by atoms with van der Waals surface area (Å²) in [6.07, 6.45) is 0.249. The zero-order valence-corrected chi connectivity index (χ0v) is 22.3. The Morgan fingerprint density at radius 1 is 0.875 bits per heavy atom. The number of nitrogens with zero attached hydrogens (tertiary/aromatic N) is 1. The molecule has 0 radical (unpaired) electrons. The molecule has 0 aromatic heterocycles. The van der Waals surface area contributed by atoms with Crippen LogP contribution >= 0.6 is 0 Å². The molecule has 0 aliphatic carbocycles. The minimum atomic E-state index is -1.05. The van der Waals surface area contributed by atoms with Crippen molar-refractivity contribution in [2.45, 2.75) is 32.2 Å². The van der Waals surface area contributed by atoms with E-state index in [9.17, 15) is 14.3 Å². The van der Waals surface area contributed by atoms with Crippen LogP contribution in [0.25, 0.3) is 0 Å². The number of benzene rings is 4. The maximum absolute atomic E-state index is 14.3. The summed E-state index contributed by atoms with van der Waals surface area (Å²) < 4.78 is 31.7. The monoisotopic (exact) mass is 544 g/mol. The summed E-state index contributed by atoms with van der Waals surface area (Å²) in [6.45, 7) is 1.65. The van der Waals surface area contributed by atoms with Crippen molar-refractivity contribution in [3.63, 3.8) is 0 Å². The average Bonchev–Trinajstić information content (AvgIpc) is 2.97. The Kier molecular flexibility index (Phi) is 10.1. The SMILES string of the molecule is COc1cccc(COc2ccccc2CN(CCC(N)C(=O)O)Cc2ccccc2Oc2ccccc2F)c1. The van der Waals surface area contributed by atoms with Gasteiger partial charge >= 0.3 is 5.97 Å².